The summed E-state index contributed by atoms with van der Waals surface area (Å²) in [7, 11) is 0. The van der Waals surface area contributed by atoms with Crippen LogP contribution >= 0.6 is 23.4 Å². The second-order valence-corrected chi connectivity index (χ2v) is 9.60. The molecular weight excluding hydrogens is 498 g/mol. The molecular formula is C28H28ClNO5S. The molecule has 0 aliphatic carbocycles. The maximum atomic E-state index is 12.9. The number of aromatic amines is 1. The van der Waals surface area contributed by atoms with E-state index in [9.17, 15) is 9.90 Å². The summed E-state index contributed by atoms with van der Waals surface area (Å²) in [6.45, 7) is 5.34. The van der Waals surface area contributed by atoms with Crippen molar-refractivity contribution in [3.63, 3.8) is 0 Å². The first-order chi connectivity index (χ1) is 17.5. The van der Waals surface area contributed by atoms with Crippen LogP contribution in [-0.2, 0) is 6.61 Å². The van der Waals surface area contributed by atoms with Crippen molar-refractivity contribution in [1.82, 2.24) is 4.98 Å². The molecule has 4 aromatic rings. The Labute approximate surface area is 219 Å². The van der Waals surface area contributed by atoms with Gasteiger partial charge in [0.15, 0.2) is 11.5 Å². The van der Waals surface area contributed by atoms with Gasteiger partial charge in [0.2, 0.25) is 5.75 Å². The van der Waals surface area contributed by atoms with E-state index < -0.39 is 5.56 Å². The highest BCUT2D eigenvalue weighted by Crippen LogP contribution is 2.48. The van der Waals surface area contributed by atoms with Crippen molar-refractivity contribution in [2.45, 2.75) is 43.1 Å². The summed E-state index contributed by atoms with van der Waals surface area (Å²) in [6.07, 6.45) is 1.62. The van der Waals surface area contributed by atoms with Crippen LogP contribution in [0.25, 0.3) is 10.9 Å². The van der Waals surface area contributed by atoms with E-state index in [1.807, 2.05) is 56.3 Å². The lowest BCUT2D eigenvalue weighted by Crippen LogP contribution is -2.09. The summed E-state index contributed by atoms with van der Waals surface area (Å²) < 4.78 is 18.4. The molecule has 3 aromatic carbocycles. The number of aromatic nitrogens is 1. The molecule has 0 aliphatic rings. The van der Waals surface area contributed by atoms with E-state index in [1.54, 1.807) is 18.2 Å². The van der Waals surface area contributed by atoms with E-state index in [-0.39, 0.29) is 10.6 Å². The number of benzene rings is 3. The van der Waals surface area contributed by atoms with Crippen molar-refractivity contribution >= 4 is 34.3 Å². The van der Waals surface area contributed by atoms with Crippen molar-refractivity contribution in [2.75, 3.05) is 13.2 Å². The summed E-state index contributed by atoms with van der Waals surface area (Å²) in [4.78, 5) is 16.5. The maximum absolute atomic E-state index is 12.9. The van der Waals surface area contributed by atoms with Gasteiger partial charge >= 0.3 is 0 Å². The largest absolute Gasteiger partial charge is 0.506 e. The third-order valence-electron chi connectivity index (χ3n) is 5.30. The second-order valence-electron chi connectivity index (χ2n) is 8.12. The van der Waals surface area contributed by atoms with Crippen molar-refractivity contribution in [1.29, 1.82) is 0 Å². The number of aromatic hydroxyl groups is 1. The summed E-state index contributed by atoms with van der Waals surface area (Å²) in [5.41, 5.74) is 1.04. The number of H-pyrrole nitrogens is 1. The smallest absolute Gasteiger partial charge is 0.266 e. The second kappa shape index (κ2) is 12.1. The van der Waals surface area contributed by atoms with Crippen LogP contribution in [0.3, 0.4) is 0 Å². The molecule has 0 fully saturated rings. The Morgan fingerprint density at radius 1 is 0.917 bits per heavy atom. The van der Waals surface area contributed by atoms with Crippen LogP contribution in [0, 0.1) is 0 Å². The Bertz CT molecular complexity index is 1390. The standard InChI is InChI=1S/C28H28ClNO5S/c1-3-14-33-22-12-13-23(26(34-15-4-2)25(22)35-17-18-8-6-5-7-9-18)36-27-24(31)20-11-10-19(29)16-21(20)30-28(27)32/h5-13,16H,3-4,14-15,17H2,1-2H3,(H2,30,31,32). The lowest BCUT2D eigenvalue weighted by Gasteiger charge is -2.20. The molecule has 2 N–H and O–H groups in total. The normalized spacial score (nSPS) is 11.0. The fourth-order valence-corrected chi connectivity index (χ4v) is 4.70. The predicted molar refractivity (Wildman–Crippen MR) is 144 cm³/mol. The molecule has 36 heavy (non-hydrogen) atoms. The van der Waals surface area contributed by atoms with E-state index in [2.05, 4.69) is 4.98 Å². The first kappa shape index (κ1) is 25.8. The van der Waals surface area contributed by atoms with Crippen LogP contribution in [0.5, 0.6) is 23.0 Å². The molecule has 1 aromatic heterocycles. The molecule has 6 nitrogen and oxygen atoms in total. The first-order valence-corrected chi connectivity index (χ1v) is 13.0. The van der Waals surface area contributed by atoms with Gasteiger partial charge in [-0.05, 0) is 48.7 Å². The third kappa shape index (κ3) is 5.91. The topological polar surface area (TPSA) is 80.8 Å². The molecule has 1 heterocycles. The highest BCUT2D eigenvalue weighted by atomic mass is 35.5. The van der Waals surface area contributed by atoms with Crippen LogP contribution in [0.1, 0.15) is 32.3 Å². The minimum atomic E-state index is -0.424. The number of nitrogens with one attached hydrogen (secondary N) is 1. The average molecular weight is 526 g/mol. The van der Waals surface area contributed by atoms with E-state index >= 15 is 0 Å². The fraction of sp³-hybridized carbons (Fsp3) is 0.250. The number of ether oxygens (including phenoxy) is 3. The molecule has 0 aliphatic heterocycles. The highest BCUT2D eigenvalue weighted by Gasteiger charge is 2.22. The van der Waals surface area contributed by atoms with Crippen LogP contribution < -0.4 is 19.8 Å². The zero-order chi connectivity index (χ0) is 25.5. The Kier molecular flexibility index (Phi) is 8.67. The van der Waals surface area contributed by atoms with Crippen LogP contribution in [-0.4, -0.2) is 23.3 Å². The quantitative estimate of drug-likeness (QED) is 0.215. The zero-order valence-electron chi connectivity index (χ0n) is 20.2. The summed E-state index contributed by atoms with van der Waals surface area (Å²) in [5, 5.41) is 11.9. The molecule has 0 radical (unpaired) electrons. The minimum Gasteiger partial charge on any atom is -0.506 e. The van der Waals surface area contributed by atoms with Gasteiger partial charge in [0.25, 0.3) is 5.56 Å². The Balaban J connectivity index is 1.78. The van der Waals surface area contributed by atoms with Gasteiger partial charge < -0.3 is 24.3 Å². The minimum absolute atomic E-state index is 0.116. The number of halogens is 1. The fourth-order valence-electron chi connectivity index (χ4n) is 3.58. The number of pyridine rings is 1. The summed E-state index contributed by atoms with van der Waals surface area (Å²) in [5.74, 6) is 1.39. The van der Waals surface area contributed by atoms with Crippen molar-refractivity contribution in [3.05, 3.63) is 81.6 Å². The Morgan fingerprint density at radius 3 is 2.42 bits per heavy atom. The van der Waals surface area contributed by atoms with Gasteiger partial charge in [0.05, 0.1) is 23.6 Å². The average Bonchev–Trinajstić information content (AvgIpc) is 2.88. The number of rotatable bonds is 11. The van der Waals surface area contributed by atoms with Crippen molar-refractivity contribution in [2.24, 2.45) is 0 Å². The van der Waals surface area contributed by atoms with Gasteiger partial charge in [-0.1, -0.05) is 67.5 Å². The van der Waals surface area contributed by atoms with Gasteiger partial charge in [0.1, 0.15) is 17.3 Å². The Morgan fingerprint density at radius 2 is 1.67 bits per heavy atom. The predicted octanol–water partition coefficient (Wildman–Crippen LogP) is 7.19. The van der Waals surface area contributed by atoms with Crippen LogP contribution in [0.2, 0.25) is 5.02 Å². The molecule has 0 saturated carbocycles. The van der Waals surface area contributed by atoms with E-state index in [0.29, 0.717) is 57.9 Å². The lowest BCUT2D eigenvalue weighted by atomic mass is 10.2. The maximum Gasteiger partial charge on any atom is 0.266 e. The number of fused-ring (bicyclic) bond motifs is 1. The van der Waals surface area contributed by atoms with Crippen molar-refractivity contribution < 1.29 is 19.3 Å². The Hall–Kier alpha value is -3.29. The number of hydrogen-bond donors (Lipinski definition) is 2. The van der Waals surface area contributed by atoms with E-state index in [0.717, 1.165) is 30.2 Å². The number of hydrogen-bond acceptors (Lipinski definition) is 6. The summed E-state index contributed by atoms with van der Waals surface area (Å²) in [6, 6.07) is 18.4. The first-order valence-electron chi connectivity index (χ1n) is 11.8. The monoisotopic (exact) mass is 525 g/mol. The molecule has 8 heteroatoms. The zero-order valence-corrected chi connectivity index (χ0v) is 21.7. The molecule has 4 rings (SSSR count). The van der Waals surface area contributed by atoms with E-state index in [4.69, 9.17) is 25.8 Å². The van der Waals surface area contributed by atoms with Gasteiger partial charge in [-0.3, -0.25) is 4.79 Å². The molecule has 0 spiro atoms. The SMILES string of the molecule is CCCOc1ccc(Sc2c(O)c3ccc(Cl)cc3[nH]c2=O)c(OCCC)c1OCc1ccccc1. The third-order valence-corrected chi connectivity index (χ3v) is 6.66. The molecule has 0 atom stereocenters. The lowest BCUT2D eigenvalue weighted by molar-refractivity contribution is 0.233. The van der Waals surface area contributed by atoms with Crippen LogP contribution in [0.15, 0.2) is 75.2 Å². The molecule has 0 bridgehead atoms. The van der Waals surface area contributed by atoms with E-state index in [1.165, 1.54) is 0 Å². The van der Waals surface area contributed by atoms with Gasteiger partial charge in [-0.2, -0.15) is 0 Å². The van der Waals surface area contributed by atoms with Gasteiger partial charge in [-0.15, -0.1) is 0 Å². The van der Waals surface area contributed by atoms with Gasteiger partial charge in [-0.25, -0.2) is 0 Å². The molecule has 188 valence electrons. The van der Waals surface area contributed by atoms with Gasteiger partial charge in [0, 0.05) is 10.4 Å². The molecule has 0 amide bonds. The molecule has 0 unspecified atom stereocenters. The highest BCUT2D eigenvalue weighted by molar-refractivity contribution is 7.99. The van der Waals surface area contributed by atoms with Crippen LogP contribution in [0.4, 0.5) is 0 Å². The molecule has 0 saturated heterocycles. The van der Waals surface area contributed by atoms with Crippen molar-refractivity contribution in [3.8, 4) is 23.0 Å². The summed E-state index contributed by atoms with van der Waals surface area (Å²) >= 11 is 7.17.